The summed E-state index contributed by atoms with van der Waals surface area (Å²) in [6.45, 7) is 2.01. The molecule has 0 bridgehead atoms. The molecule has 7 heteroatoms. The molecule has 0 N–H and O–H groups in total. The van der Waals surface area contributed by atoms with Crippen LogP contribution in [0.15, 0.2) is 17.1 Å². The molecule has 1 atom stereocenters. The normalized spacial score (nSPS) is 20.6. The molecule has 2 aromatic heterocycles. The Bertz CT molecular complexity index is 693. The Balaban J connectivity index is 1.58. The minimum atomic E-state index is -0.0841. The zero-order valence-electron chi connectivity index (χ0n) is 13.1. The van der Waals surface area contributed by atoms with Gasteiger partial charge in [0.05, 0.1) is 30.1 Å². The topological polar surface area (TPSA) is 60.2 Å². The van der Waals surface area contributed by atoms with Crippen molar-refractivity contribution in [3.63, 3.8) is 0 Å². The lowest BCUT2D eigenvalue weighted by molar-refractivity contribution is 0.0344. The minimum absolute atomic E-state index is 0.0156. The fraction of sp³-hybridized carbons (Fsp3) is 0.562. The predicted octanol–water partition coefficient (Wildman–Crippen LogP) is 2.04. The summed E-state index contributed by atoms with van der Waals surface area (Å²) in [7, 11) is 1.93. The number of aryl methyl sites for hydroxylation is 1. The zero-order chi connectivity index (χ0) is 15.8. The van der Waals surface area contributed by atoms with Crippen LogP contribution in [0.25, 0.3) is 0 Å². The highest BCUT2D eigenvalue weighted by Gasteiger charge is 2.35. The smallest absolute Gasteiger partial charge is 0.273 e. The Morgan fingerprint density at radius 1 is 1.43 bits per heavy atom. The first-order valence-corrected chi connectivity index (χ1v) is 8.96. The number of hydrogen-bond acceptors (Lipinski definition) is 5. The van der Waals surface area contributed by atoms with Crippen molar-refractivity contribution in [3.8, 4) is 0 Å². The van der Waals surface area contributed by atoms with E-state index in [0.717, 1.165) is 18.7 Å². The maximum Gasteiger partial charge on any atom is 0.273 e. The highest BCUT2D eigenvalue weighted by Crippen LogP contribution is 2.33. The predicted molar refractivity (Wildman–Crippen MR) is 86.3 cm³/mol. The van der Waals surface area contributed by atoms with Gasteiger partial charge in [0.1, 0.15) is 5.69 Å². The summed E-state index contributed by atoms with van der Waals surface area (Å²) in [6, 6.07) is -0.0841. The molecule has 0 radical (unpaired) electrons. The lowest BCUT2D eigenvalue weighted by atomic mass is 10.00. The van der Waals surface area contributed by atoms with E-state index in [0.29, 0.717) is 24.8 Å². The molecular formula is C16H20N4O2S. The summed E-state index contributed by atoms with van der Waals surface area (Å²) in [5.41, 5.74) is 4.53. The molecule has 0 spiro atoms. The van der Waals surface area contributed by atoms with Crippen LogP contribution < -0.4 is 0 Å². The van der Waals surface area contributed by atoms with Gasteiger partial charge in [-0.2, -0.15) is 5.10 Å². The number of rotatable bonds is 5. The number of nitrogens with zero attached hydrogens (tertiary/aromatic N) is 4. The Hall–Kier alpha value is -1.73. The molecule has 0 saturated heterocycles. The molecule has 1 fully saturated rings. The second-order valence-corrected chi connectivity index (χ2v) is 7.02. The summed E-state index contributed by atoms with van der Waals surface area (Å²) < 4.78 is 7.80. The van der Waals surface area contributed by atoms with Crippen molar-refractivity contribution in [2.24, 2.45) is 13.0 Å². The number of thiazole rings is 1. The number of fused-ring (bicyclic) bond motifs is 1. The van der Waals surface area contributed by atoms with Crippen LogP contribution in [0.2, 0.25) is 0 Å². The van der Waals surface area contributed by atoms with Gasteiger partial charge in [0.15, 0.2) is 0 Å². The number of ether oxygens (including phenoxy) is 1. The van der Waals surface area contributed by atoms with E-state index in [1.807, 2.05) is 28.2 Å². The highest BCUT2D eigenvalue weighted by atomic mass is 32.1. The average molecular weight is 332 g/mol. The first kappa shape index (κ1) is 14.8. The molecule has 1 aliphatic carbocycles. The minimum Gasteiger partial charge on any atom is -0.379 e. The van der Waals surface area contributed by atoms with Crippen LogP contribution in [0.1, 0.15) is 40.6 Å². The average Bonchev–Trinajstić information content (AvgIpc) is 3.07. The fourth-order valence-electron chi connectivity index (χ4n) is 3.17. The van der Waals surface area contributed by atoms with E-state index in [-0.39, 0.29) is 11.9 Å². The SMILES string of the molecule is Cn1ncc2c1[C@@H](COCC1CC1)N(C(=O)c1cscn1)CC2. The highest BCUT2D eigenvalue weighted by molar-refractivity contribution is 7.07. The Morgan fingerprint density at radius 2 is 2.30 bits per heavy atom. The van der Waals surface area contributed by atoms with Gasteiger partial charge in [-0.3, -0.25) is 9.48 Å². The van der Waals surface area contributed by atoms with E-state index in [1.54, 1.807) is 5.51 Å². The third-order valence-electron chi connectivity index (χ3n) is 4.62. The van der Waals surface area contributed by atoms with Crippen LogP contribution in [0, 0.1) is 5.92 Å². The van der Waals surface area contributed by atoms with Crippen molar-refractivity contribution >= 4 is 17.2 Å². The van der Waals surface area contributed by atoms with E-state index in [9.17, 15) is 4.79 Å². The standard InChI is InChI=1S/C16H20N4O2S/c1-19-15-12(6-18-19)4-5-20(16(21)13-9-23-10-17-13)14(15)8-22-7-11-2-3-11/h6,9-11,14H,2-5,7-8H2,1H3/t14-/m1/s1. The van der Waals surface area contributed by atoms with Gasteiger partial charge in [-0.15, -0.1) is 11.3 Å². The molecule has 1 aliphatic heterocycles. The van der Waals surface area contributed by atoms with Crippen molar-refractivity contribution < 1.29 is 9.53 Å². The van der Waals surface area contributed by atoms with E-state index in [1.165, 1.54) is 29.7 Å². The largest absolute Gasteiger partial charge is 0.379 e. The second kappa shape index (κ2) is 6.05. The van der Waals surface area contributed by atoms with E-state index in [2.05, 4.69) is 10.1 Å². The lowest BCUT2D eigenvalue weighted by Gasteiger charge is -2.35. The molecule has 6 nitrogen and oxygen atoms in total. The summed E-state index contributed by atoms with van der Waals surface area (Å²) in [5.74, 6) is 0.699. The molecule has 23 heavy (non-hydrogen) atoms. The second-order valence-electron chi connectivity index (χ2n) is 6.30. The van der Waals surface area contributed by atoms with E-state index in [4.69, 9.17) is 4.74 Å². The summed E-state index contributed by atoms with van der Waals surface area (Å²) in [5, 5.41) is 6.18. The third kappa shape index (κ3) is 2.90. The number of carbonyl (C=O) groups is 1. The first-order valence-electron chi connectivity index (χ1n) is 8.01. The maximum atomic E-state index is 12.8. The van der Waals surface area contributed by atoms with Crippen LogP contribution in [0.3, 0.4) is 0 Å². The molecule has 2 aromatic rings. The first-order chi connectivity index (χ1) is 11.2. The van der Waals surface area contributed by atoms with Gasteiger partial charge in [0.2, 0.25) is 0 Å². The van der Waals surface area contributed by atoms with Gasteiger partial charge in [-0.25, -0.2) is 4.98 Å². The summed E-state index contributed by atoms with van der Waals surface area (Å²) >= 11 is 1.45. The van der Waals surface area contributed by atoms with Crippen LogP contribution in [0.5, 0.6) is 0 Å². The van der Waals surface area contributed by atoms with Crippen molar-refractivity contribution in [2.75, 3.05) is 19.8 Å². The van der Waals surface area contributed by atoms with Crippen LogP contribution in [-0.4, -0.2) is 45.3 Å². The van der Waals surface area contributed by atoms with Crippen molar-refractivity contribution in [1.82, 2.24) is 19.7 Å². The Kier molecular flexibility index (Phi) is 3.90. The van der Waals surface area contributed by atoms with Crippen LogP contribution in [-0.2, 0) is 18.2 Å². The monoisotopic (exact) mass is 332 g/mol. The van der Waals surface area contributed by atoms with Gasteiger partial charge >= 0.3 is 0 Å². The van der Waals surface area contributed by atoms with Crippen molar-refractivity contribution in [2.45, 2.75) is 25.3 Å². The van der Waals surface area contributed by atoms with Gasteiger partial charge in [0, 0.05) is 25.6 Å². The Morgan fingerprint density at radius 3 is 3.04 bits per heavy atom. The molecule has 4 rings (SSSR count). The van der Waals surface area contributed by atoms with Gasteiger partial charge in [0.25, 0.3) is 5.91 Å². The number of carbonyl (C=O) groups excluding carboxylic acids is 1. The summed E-state index contributed by atoms with van der Waals surface area (Å²) in [4.78, 5) is 18.9. The molecule has 2 aliphatic rings. The van der Waals surface area contributed by atoms with Gasteiger partial charge < -0.3 is 9.64 Å². The van der Waals surface area contributed by atoms with Gasteiger partial charge in [-0.05, 0) is 30.7 Å². The number of aromatic nitrogens is 3. The molecule has 1 amide bonds. The molecule has 0 unspecified atom stereocenters. The zero-order valence-corrected chi connectivity index (χ0v) is 14.0. The van der Waals surface area contributed by atoms with Crippen LogP contribution >= 0.6 is 11.3 Å². The fourth-order valence-corrected chi connectivity index (χ4v) is 3.69. The quantitative estimate of drug-likeness (QED) is 0.841. The number of amides is 1. The molecule has 0 aromatic carbocycles. The third-order valence-corrected chi connectivity index (χ3v) is 5.20. The molecule has 122 valence electrons. The molecule has 1 saturated carbocycles. The van der Waals surface area contributed by atoms with E-state index >= 15 is 0 Å². The molecule has 3 heterocycles. The van der Waals surface area contributed by atoms with Gasteiger partial charge in [-0.1, -0.05) is 0 Å². The van der Waals surface area contributed by atoms with Crippen LogP contribution in [0.4, 0.5) is 0 Å². The summed E-state index contributed by atoms with van der Waals surface area (Å²) in [6.07, 6.45) is 5.28. The number of hydrogen-bond donors (Lipinski definition) is 0. The maximum absolute atomic E-state index is 12.8. The lowest BCUT2D eigenvalue weighted by Crippen LogP contribution is -2.43. The van der Waals surface area contributed by atoms with Crippen molar-refractivity contribution in [1.29, 1.82) is 0 Å². The Labute approximate surface area is 139 Å². The molecular weight excluding hydrogens is 312 g/mol. The van der Waals surface area contributed by atoms with Crippen molar-refractivity contribution in [3.05, 3.63) is 34.0 Å². The van der Waals surface area contributed by atoms with E-state index < -0.39 is 0 Å².